The monoisotopic (exact) mass is 481 g/mol. The topological polar surface area (TPSA) is 97.8 Å². The lowest BCUT2D eigenvalue weighted by Gasteiger charge is -2.22. The van der Waals surface area contributed by atoms with Crippen LogP contribution in [0.5, 0.6) is 5.75 Å². The predicted molar refractivity (Wildman–Crippen MR) is 128 cm³/mol. The fourth-order valence-electron chi connectivity index (χ4n) is 4.25. The fourth-order valence-corrected chi connectivity index (χ4v) is 4.25. The molecule has 0 spiro atoms. The van der Waals surface area contributed by atoms with Crippen molar-refractivity contribution in [3.05, 3.63) is 77.9 Å². The maximum Gasteiger partial charge on any atom is 0.417 e. The van der Waals surface area contributed by atoms with Crippen molar-refractivity contribution in [1.29, 1.82) is 0 Å². The van der Waals surface area contributed by atoms with E-state index < -0.39 is 30.3 Å². The highest BCUT2D eigenvalue weighted by Crippen LogP contribution is 2.35. The lowest BCUT2D eigenvalue weighted by Crippen LogP contribution is -2.43. The zero-order valence-electron chi connectivity index (χ0n) is 20.0. The number of carbonyl (C=O) groups is 2. The number of nitrogens with zero attached hydrogens (tertiary/aromatic N) is 1. The summed E-state index contributed by atoms with van der Waals surface area (Å²) in [7, 11) is 1.62. The molecule has 186 valence electrons. The van der Waals surface area contributed by atoms with Crippen molar-refractivity contribution in [2.45, 2.75) is 44.3 Å². The Morgan fingerprint density at radius 3 is 2.54 bits per heavy atom. The van der Waals surface area contributed by atoms with Gasteiger partial charge in [-0.25, -0.2) is 9.69 Å². The number of cyclic esters (lactones) is 1. The molecule has 2 aromatic carbocycles. The van der Waals surface area contributed by atoms with Gasteiger partial charge in [0.1, 0.15) is 24.6 Å². The molecule has 0 radical (unpaired) electrons. The number of epoxide rings is 1. The van der Waals surface area contributed by atoms with Crippen LogP contribution in [0.3, 0.4) is 0 Å². The molecule has 8 heteroatoms. The smallest absolute Gasteiger partial charge is 0.417 e. The molecule has 8 nitrogen and oxygen atoms in total. The first-order valence-corrected chi connectivity index (χ1v) is 11.7. The molecular formula is C27H31NO7. The molecule has 0 unspecified atom stereocenters. The SMILES string of the molecule is C=C(C(=O)N1C(=O)OC[C@@H]1Cc1ccccc1)[C@H](O)[C@@H]1O[C@H]1[C@@H](C)COCc1ccc(OC)cc1. The van der Waals surface area contributed by atoms with E-state index in [0.29, 0.717) is 19.6 Å². The minimum Gasteiger partial charge on any atom is -0.497 e. The zero-order valence-corrected chi connectivity index (χ0v) is 20.0. The van der Waals surface area contributed by atoms with Crippen LogP contribution in [0.25, 0.3) is 0 Å². The van der Waals surface area contributed by atoms with E-state index >= 15 is 0 Å². The fraction of sp³-hybridized carbons (Fsp3) is 0.407. The molecule has 0 saturated carbocycles. The predicted octanol–water partition coefficient (Wildman–Crippen LogP) is 3.12. The Kier molecular flexibility index (Phi) is 7.85. The number of benzene rings is 2. The van der Waals surface area contributed by atoms with Gasteiger partial charge in [-0.1, -0.05) is 56.0 Å². The first-order valence-electron chi connectivity index (χ1n) is 11.7. The number of aliphatic hydroxyl groups excluding tert-OH is 1. The molecule has 2 saturated heterocycles. The van der Waals surface area contributed by atoms with Gasteiger partial charge in [0.2, 0.25) is 0 Å². The van der Waals surface area contributed by atoms with Crippen LogP contribution in [-0.2, 0) is 32.0 Å². The second-order valence-corrected chi connectivity index (χ2v) is 8.97. The number of carbonyl (C=O) groups excluding carboxylic acids is 2. The van der Waals surface area contributed by atoms with Crippen molar-refractivity contribution in [2.75, 3.05) is 20.3 Å². The summed E-state index contributed by atoms with van der Waals surface area (Å²) < 4.78 is 21.7. The summed E-state index contributed by atoms with van der Waals surface area (Å²) >= 11 is 0. The molecule has 35 heavy (non-hydrogen) atoms. The molecule has 0 aromatic heterocycles. The van der Waals surface area contributed by atoms with Gasteiger partial charge in [-0.05, 0) is 29.7 Å². The van der Waals surface area contributed by atoms with Crippen LogP contribution < -0.4 is 4.74 Å². The molecule has 0 bridgehead atoms. The van der Waals surface area contributed by atoms with Crippen molar-refractivity contribution in [2.24, 2.45) is 5.92 Å². The minimum atomic E-state index is -1.22. The van der Waals surface area contributed by atoms with Crippen molar-refractivity contribution >= 4 is 12.0 Å². The number of hydrogen-bond acceptors (Lipinski definition) is 7. The Balaban J connectivity index is 1.27. The van der Waals surface area contributed by atoms with E-state index in [2.05, 4.69) is 6.58 Å². The van der Waals surface area contributed by atoms with Crippen LogP contribution in [-0.4, -0.2) is 66.7 Å². The van der Waals surface area contributed by atoms with Gasteiger partial charge >= 0.3 is 6.09 Å². The van der Waals surface area contributed by atoms with Gasteiger partial charge in [0.05, 0.1) is 32.5 Å². The first-order chi connectivity index (χ1) is 16.9. The Morgan fingerprint density at radius 1 is 1.14 bits per heavy atom. The molecule has 1 N–H and O–H groups in total. The molecule has 2 aromatic rings. The van der Waals surface area contributed by atoms with Gasteiger partial charge in [0, 0.05) is 11.5 Å². The zero-order chi connectivity index (χ0) is 24.9. The second kappa shape index (κ2) is 11.0. The molecule has 2 amide bonds. The molecule has 0 aliphatic carbocycles. The lowest BCUT2D eigenvalue weighted by molar-refractivity contribution is -0.126. The van der Waals surface area contributed by atoms with Crippen LogP contribution in [0.15, 0.2) is 66.7 Å². The van der Waals surface area contributed by atoms with E-state index in [0.717, 1.165) is 21.8 Å². The summed E-state index contributed by atoms with van der Waals surface area (Å²) in [6, 6.07) is 16.7. The minimum absolute atomic E-state index is 0.00150. The summed E-state index contributed by atoms with van der Waals surface area (Å²) in [5, 5.41) is 10.7. The van der Waals surface area contributed by atoms with E-state index in [9.17, 15) is 14.7 Å². The summed E-state index contributed by atoms with van der Waals surface area (Å²) in [4.78, 5) is 26.4. The third-order valence-corrected chi connectivity index (χ3v) is 6.37. The average Bonchev–Trinajstić information content (AvgIpc) is 3.61. The standard InChI is InChI=1S/C27H31NO7/c1-17(14-33-15-20-9-11-22(32-3)12-10-20)24-25(35-24)23(29)18(2)26(30)28-21(16-34-27(28)31)13-19-7-5-4-6-8-19/h4-12,17,21,23-25,29H,2,13-16H2,1,3H3/t17-,21-,23-,24-,25-/m0/s1. The van der Waals surface area contributed by atoms with Crippen molar-refractivity contribution in [1.82, 2.24) is 4.90 Å². The first kappa shape index (κ1) is 24.9. The normalized spacial score (nSPS) is 22.9. The van der Waals surface area contributed by atoms with Gasteiger partial charge in [-0.3, -0.25) is 4.79 Å². The van der Waals surface area contributed by atoms with E-state index in [1.165, 1.54) is 0 Å². The molecule has 5 atom stereocenters. The van der Waals surface area contributed by atoms with E-state index in [1.807, 2.05) is 61.5 Å². The highest BCUT2D eigenvalue weighted by Gasteiger charge is 2.50. The number of aliphatic hydroxyl groups is 1. The van der Waals surface area contributed by atoms with E-state index in [-0.39, 0.29) is 24.2 Å². The number of ether oxygens (including phenoxy) is 4. The third kappa shape index (κ3) is 5.90. The van der Waals surface area contributed by atoms with E-state index in [4.69, 9.17) is 18.9 Å². The van der Waals surface area contributed by atoms with Gasteiger partial charge < -0.3 is 24.1 Å². The third-order valence-electron chi connectivity index (χ3n) is 6.37. The van der Waals surface area contributed by atoms with Gasteiger partial charge in [0.25, 0.3) is 5.91 Å². The Morgan fingerprint density at radius 2 is 1.86 bits per heavy atom. The average molecular weight is 482 g/mol. The van der Waals surface area contributed by atoms with Gasteiger partial charge in [0.15, 0.2) is 0 Å². The van der Waals surface area contributed by atoms with Crippen LogP contribution >= 0.6 is 0 Å². The maximum absolute atomic E-state index is 13.1. The molecule has 2 aliphatic rings. The summed E-state index contributed by atoms with van der Waals surface area (Å²) in [6.45, 7) is 6.71. The second-order valence-electron chi connectivity index (χ2n) is 8.97. The quantitative estimate of drug-likeness (QED) is 0.389. The number of imide groups is 1. The largest absolute Gasteiger partial charge is 0.497 e. The Labute approximate surface area is 205 Å². The van der Waals surface area contributed by atoms with Crippen LogP contribution in [0.1, 0.15) is 18.1 Å². The van der Waals surface area contributed by atoms with Crippen molar-refractivity contribution in [3.63, 3.8) is 0 Å². The number of rotatable bonds is 11. The molecular weight excluding hydrogens is 450 g/mol. The van der Waals surface area contributed by atoms with Gasteiger partial charge in [-0.2, -0.15) is 0 Å². The Hall–Kier alpha value is -3.20. The molecule has 4 rings (SSSR count). The van der Waals surface area contributed by atoms with Crippen LogP contribution in [0.4, 0.5) is 4.79 Å². The molecule has 2 heterocycles. The molecule has 2 fully saturated rings. The van der Waals surface area contributed by atoms with E-state index in [1.54, 1.807) is 7.11 Å². The Bertz CT molecular complexity index is 1040. The van der Waals surface area contributed by atoms with Crippen LogP contribution in [0.2, 0.25) is 0 Å². The van der Waals surface area contributed by atoms with Crippen molar-refractivity contribution < 1.29 is 33.6 Å². The molecule has 2 aliphatic heterocycles. The summed E-state index contributed by atoms with van der Waals surface area (Å²) in [5.41, 5.74) is 1.92. The van der Waals surface area contributed by atoms with Crippen LogP contribution in [0, 0.1) is 5.92 Å². The summed E-state index contributed by atoms with van der Waals surface area (Å²) in [6.07, 6.45) is -2.32. The number of amides is 2. The highest BCUT2D eigenvalue weighted by molar-refractivity contribution is 6.03. The van der Waals surface area contributed by atoms with Gasteiger partial charge in [-0.15, -0.1) is 0 Å². The highest BCUT2D eigenvalue weighted by atomic mass is 16.6. The number of methoxy groups -OCH3 is 1. The number of hydrogen-bond donors (Lipinski definition) is 1. The maximum atomic E-state index is 13.1. The lowest BCUT2D eigenvalue weighted by atomic mass is 9.98. The summed E-state index contributed by atoms with van der Waals surface area (Å²) in [5.74, 6) is 0.144. The van der Waals surface area contributed by atoms with Crippen molar-refractivity contribution in [3.8, 4) is 5.75 Å².